The predicted molar refractivity (Wildman–Crippen MR) is 342 cm³/mol. The predicted octanol–water partition coefficient (Wildman–Crippen LogP) is 16.3. The van der Waals surface area contributed by atoms with Crippen molar-refractivity contribution in [3.05, 3.63) is 0 Å². The van der Waals surface area contributed by atoms with E-state index >= 15 is 0 Å². The van der Waals surface area contributed by atoms with Gasteiger partial charge in [-0.2, -0.15) is 30.1 Å². The second-order valence-corrected chi connectivity index (χ2v) is 30.2. The Labute approximate surface area is 513 Å². The molecule has 2 aliphatic carbocycles. The van der Waals surface area contributed by atoms with Crippen molar-refractivity contribution in [2.24, 2.45) is 0 Å². The molecule has 1 N–H and O–H groups in total. The molecule has 84 heavy (non-hydrogen) atoms. The first-order valence-corrected chi connectivity index (χ1v) is 34.0. The number of carbonyl (C=O) groups excluding carboxylic acids is 1. The Kier molecular flexibility index (Phi) is 28.1. The number of hydroxylamine groups is 6. The van der Waals surface area contributed by atoms with Gasteiger partial charge in [0.2, 0.25) is 11.9 Å². The summed E-state index contributed by atoms with van der Waals surface area (Å²) in [5, 5.41) is 6.78. The van der Waals surface area contributed by atoms with Crippen molar-refractivity contribution in [1.82, 2.24) is 30.1 Å². The van der Waals surface area contributed by atoms with Crippen LogP contribution in [0.4, 0.5) is 22.6 Å². The van der Waals surface area contributed by atoms with Gasteiger partial charge in [0.1, 0.15) is 6.10 Å². The van der Waals surface area contributed by atoms with Gasteiger partial charge in [0.05, 0.1) is 37.6 Å². The molecule has 2 saturated carbocycles. The number of methoxy groups -OCH3 is 1. The van der Waals surface area contributed by atoms with Gasteiger partial charge in [-0.1, -0.05) is 111 Å². The van der Waals surface area contributed by atoms with Crippen molar-refractivity contribution >= 4 is 24.0 Å². The number of piperidine rings is 3. The quantitative estimate of drug-likeness (QED) is 0.0442. The summed E-state index contributed by atoms with van der Waals surface area (Å²) in [5.74, 6) is 1.99. The van der Waals surface area contributed by atoms with Crippen LogP contribution in [-0.2, 0) is 33.6 Å². The number of anilines is 3. The van der Waals surface area contributed by atoms with Crippen LogP contribution >= 0.6 is 0 Å². The van der Waals surface area contributed by atoms with E-state index in [0.717, 1.165) is 121 Å². The highest BCUT2D eigenvalue weighted by molar-refractivity contribution is 5.60. The van der Waals surface area contributed by atoms with E-state index in [0.29, 0.717) is 50.8 Å². The van der Waals surface area contributed by atoms with Crippen molar-refractivity contribution in [2.75, 3.05) is 55.3 Å². The normalized spacial score (nSPS) is 22.7. The van der Waals surface area contributed by atoms with Gasteiger partial charge < -0.3 is 24.0 Å². The molecule has 3 saturated heterocycles. The Morgan fingerprint density at radius 3 is 1.36 bits per heavy atom. The van der Waals surface area contributed by atoms with Crippen LogP contribution in [0.1, 0.15) is 298 Å². The number of hydrogen-bond acceptors (Lipinski definition) is 17. The van der Waals surface area contributed by atoms with Crippen LogP contribution in [0.2, 0.25) is 0 Å². The second-order valence-electron chi connectivity index (χ2n) is 30.2. The number of unbranched alkanes of at least 4 members (excludes halogenated alkanes) is 7. The first kappa shape index (κ1) is 72.1. The Hall–Kier alpha value is -2.64. The molecule has 17 heteroatoms. The van der Waals surface area contributed by atoms with Crippen molar-refractivity contribution in [3.8, 4) is 0 Å². The summed E-state index contributed by atoms with van der Waals surface area (Å²) >= 11 is 0. The van der Waals surface area contributed by atoms with Crippen LogP contribution in [0.3, 0.4) is 0 Å². The van der Waals surface area contributed by atoms with Crippen LogP contribution < -0.4 is 15.3 Å². The minimum absolute atomic E-state index is 0.159. The average Bonchev–Trinajstić information content (AvgIpc) is 1.19. The molecule has 17 nitrogen and oxygen atoms in total. The fourth-order valence-corrected chi connectivity index (χ4v) is 14.6. The highest BCUT2D eigenvalue weighted by Gasteiger charge is 2.52. The van der Waals surface area contributed by atoms with Crippen LogP contribution in [0.25, 0.3) is 0 Å². The molecular formula is C67H127N9O8. The SMILES string of the molecule is CCCCCCCCOC(=O)OC1CC(C)(C)N(OCC(C)(C)OC)C(C)(C)C1.CCCCN(c1nc(NOCCC)nc(N(CCCC)C2CC(C)(C)N(OC3CCCCC3)C(C)(C)C2)n1)C1CC(C)(C)N(OC2CCCCC2)C(C)(C)C1. The lowest BCUT2D eigenvalue weighted by molar-refractivity contribution is -0.310. The second kappa shape index (κ2) is 32.7. The molecule has 0 atom stereocenters. The first-order valence-electron chi connectivity index (χ1n) is 34.0. The number of nitrogens with zero attached hydrogens (tertiary/aromatic N) is 8. The number of aromatic nitrogens is 3. The van der Waals surface area contributed by atoms with Gasteiger partial charge in [0, 0.05) is 78.4 Å². The van der Waals surface area contributed by atoms with E-state index in [-0.39, 0.29) is 57.0 Å². The Balaban J connectivity index is 0.000000376. The van der Waals surface area contributed by atoms with Gasteiger partial charge in [-0.15, -0.1) is 0 Å². The highest BCUT2D eigenvalue weighted by atomic mass is 16.7. The molecule has 5 aliphatic rings. The molecule has 3 aliphatic heterocycles. The monoisotopic (exact) mass is 1190 g/mol. The van der Waals surface area contributed by atoms with E-state index in [1.807, 2.05) is 18.9 Å². The van der Waals surface area contributed by atoms with Crippen LogP contribution in [0.5, 0.6) is 0 Å². The first-order chi connectivity index (χ1) is 39.5. The summed E-state index contributed by atoms with van der Waals surface area (Å²) in [7, 11) is 1.69. The Bertz CT molecular complexity index is 1920. The van der Waals surface area contributed by atoms with E-state index in [4.69, 9.17) is 48.5 Å². The van der Waals surface area contributed by atoms with Gasteiger partial charge >= 0.3 is 6.16 Å². The fourth-order valence-electron chi connectivity index (χ4n) is 14.6. The lowest BCUT2D eigenvalue weighted by Gasteiger charge is -2.57. The molecule has 1 aromatic heterocycles. The maximum Gasteiger partial charge on any atom is 0.508 e. The molecule has 0 spiro atoms. The zero-order valence-electron chi connectivity index (χ0n) is 57.4. The maximum absolute atomic E-state index is 12.1. The smallest absolute Gasteiger partial charge is 0.434 e. The van der Waals surface area contributed by atoms with Crippen LogP contribution in [0, 0.1) is 0 Å². The minimum atomic E-state index is -0.551. The Morgan fingerprint density at radius 1 is 0.524 bits per heavy atom. The molecule has 0 amide bonds. The van der Waals surface area contributed by atoms with Gasteiger partial charge in [0.25, 0.3) is 5.95 Å². The molecule has 4 heterocycles. The fraction of sp³-hybridized carbons (Fsp3) is 0.940. The van der Waals surface area contributed by atoms with Crippen LogP contribution in [0.15, 0.2) is 0 Å². The number of carbonyl (C=O) groups is 1. The summed E-state index contributed by atoms with van der Waals surface area (Å²) in [6.45, 7) is 43.5. The van der Waals surface area contributed by atoms with Gasteiger partial charge in [-0.25, -0.2) is 10.3 Å². The maximum atomic E-state index is 12.1. The topological polar surface area (TPSA) is 149 Å². The molecule has 0 radical (unpaired) electrons. The summed E-state index contributed by atoms with van der Waals surface area (Å²) in [6.07, 6.45) is 29.7. The summed E-state index contributed by atoms with van der Waals surface area (Å²) in [4.78, 5) is 58.9. The number of rotatable bonds is 30. The van der Waals surface area contributed by atoms with E-state index in [2.05, 4.69) is 136 Å². The van der Waals surface area contributed by atoms with E-state index < -0.39 is 6.16 Å². The van der Waals surface area contributed by atoms with E-state index in [1.165, 1.54) is 64.2 Å². The molecule has 0 unspecified atom stereocenters. The third kappa shape index (κ3) is 21.6. The largest absolute Gasteiger partial charge is 0.508 e. The van der Waals surface area contributed by atoms with Gasteiger partial charge in [-0.3, -0.25) is 19.4 Å². The number of nitrogens with one attached hydrogen (secondary N) is 1. The number of hydrogen-bond donors (Lipinski definition) is 1. The molecule has 5 fully saturated rings. The summed E-state index contributed by atoms with van der Waals surface area (Å²) < 4.78 is 16.4. The molecule has 0 bridgehead atoms. The third-order valence-electron chi connectivity index (χ3n) is 18.4. The molecule has 1 aromatic rings. The third-order valence-corrected chi connectivity index (χ3v) is 18.4. The molecule has 0 aromatic carbocycles. The summed E-state index contributed by atoms with van der Waals surface area (Å²) in [6, 6.07) is 0.481. The zero-order chi connectivity index (χ0) is 62.0. The highest BCUT2D eigenvalue weighted by Crippen LogP contribution is 2.46. The molecular weight excluding hydrogens is 1060 g/mol. The molecule has 6 rings (SSSR count). The van der Waals surface area contributed by atoms with Crippen molar-refractivity contribution in [3.63, 3.8) is 0 Å². The standard InChI is InChI=1S/C44H82N8O3.C23H45NO5/c1-12-15-27-49(34-30-41(4,5)51(42(6,7)31-34)54-36-23-19-17-20-24-36)39-45-38(48-53-29-14-3)46-40(47-39)50(28-16-13-2)35-32-43(8,9)52(44(10,11)33-35)55-37-25-21-18-22-26-37;1-9-10-11-12-13-14-15-27-20(25)29-19-16-21(2,3)24(22(4,5)17-19)28-18-23(6,7)26-8/h34-37H,12-33H2,1-11H3,(H,45,46,47,48);19H,9-18H2,1-8H3. The summed E-state index contributed by atoms with van der Waals surface area (Å²) in [5.41, 5.74) is 1.59. The Morgan fingerprint density at radius 2 is 0.940 bits per heavy atom. The van der Waals surface area contributed by atoms with Crippen LogP contribution in [-0.4, -0.2) is 146 Å². The lowest BCUT2D eigenvalue weighted by atomic mass is 9.78. The van der Waals surface area contributed by atoms with Crippen molar-refractivity contribution < 1.29 is 38.4 Å². The molecule has 488 valence electrons. The van der Waals surface area contributed by atoms with Gasteiger partial charge in [0.15, 0.2) is 0 Å². The lowest BCUT2D eigenvalue weighted by Crippen LogP contribution is -2.65. The average molecular weight is 1190 g/mol. The van der Waals surface area contributed by atoms with Crippen molar-refractivity contribution in [1.29, 1.82) is 0 Å². The number of ether oxygens (including phenoxy) is 3. The van der Waals surface area contributed by atoms with Gasteiger partial charge in [-0.05, 0) is 174 Å². The van der Waals surface area contributed by atoms with E-state index in [1.54, 1.807) is 7.11 Å². The van der Waals surface area contributed by atoms with E-state index in [9.17, 15) is 4.79 Å². The van der Waals surface area contributed by atoms with Crippen molar-refractivity contribution in [2.45, 2.75) is 367 Å². The minimum Gasteiger partial charge on any atom is -0.434 e. The zero-order valence-corrected chi connectivity index (χ0v) is 57.4.